The third-order valence-corrected chi connectivity index (χ3v) is 4.58. The van der Waals surface area contributed by atoms with Crippen LogP contribution in [0.4, 0.5) is 4.79 Å². The first-order valence-electron chi connectivity index (χ1n) is 8.73. The van der Waals surface area contributed by atoms with Crippen molar-refractivity contribution >= 4 is 12.4 Å². The minimum absolute atomic E-state index is 0.182. The Balaban J connectivity index is 1.67. The van der Waals surface area contributed by atoms with Gasteiger partial charge in [0.05, 0.1) is 6.54 Å². The number of hydrogen-bond acceptors (Lipinski definition) is 5. The van der Waals surface area contributed by atoms with E-state index in [2.05, 4.69) is 9.80 Å². The SMILES string of the molecule is CC(C)(C)OC(=O)N1CCC(CN2CCN(CC=O)CC2)CC1. The molecule has 1 amide bonds. The molecule has 2 aliphatic rings. The Morgan fingerprint density at radius 2 is 1.61 bits per heavy atom. The molecule has 0 unspecified atom stereocenters. The minimum Gasteiger partial charge on any atom is -0.444 e. The standard InChI is InChI=1S/C17H31N3O3/c1-17(2,3)23-16(22)20-6-4-15(5-7-20)14-19-10-8-18(9-11-19)12-13-21/h13,15H,4-12,14H2,1-3H3. The van der Waals surface area contributed by atoms with Gasteiger partial charge in [-0.2, -0.15) is 0 Å². The van der Waals surface area contributed by atoms with Crippen molar-refractivity contribution in [3.63, 3.8) is 0 Å². The Hall–Kier alpha value is -1.14. The van der Waals surface area contributed by atoms with Gasteiger partial charge in [-0.1, -0.05) is 0 Å². The predicted octanol–water partition coefficient (Wildman–Crippen LogP) is 1.45. The fourth-order valence-corrected chi connectivity index (χ4v) is 3.25. The third kappa shape index (κ3) is 6.11. The normalized spacial score (nSPS) is 22.1. The highest BCUT2D eigenvalue weighted by Crippen LogP contribution is 2.21. The molecule has 23 heavy (non-hydrogen) atoms. The van der Waals surface area contributed by atoms with Crippen LogP contribution in [-0.2, 0) is 9.53 Å². The van der Waals surface area contributed by atoms with Crippen LogP contribution >= 0.6 is 0 Å². The summed E-state index contributed by atoms with van der Waals surface area (Å²) in [5, 5.41) is 0. The maximum atomic E-state index is 12.1. The Labute approximate surface area is 139 Å². The Bertz CT molecular complexity index is 392. The Morgan fingerprint density at radius 1 is 1.04 bits per heavy atom. The predicted molar refractivity (Wildman–Crippen MR) is 89.5 cm³/mol. The molecule has 132 valence electrons. The van der Waals surface area contributed by atoms with Crippen molar-refractivity contribution in [2.24, 2.45) is 5.92 Å². The van der Waals surface area contributed by atoms with Crippen LogP contribution < -0.4 is 0 Å². The third-order valence-electron chi connectivity index (χ3n) is 4.58. The number of carbonyl (C=O) groups is 2. The molecule has 6 heteroatoms. The van der Waals surface area contributed by atoms with Gasteiger partial charge in [0.1, 0.15) is 11.9 Å². The molecule has 2 rings (SSSR count). The van der Waals surface area contributed by atoms with Crippen LogP contribution in [0.3, 0.4) is 0 Å². The maximum Gasteiger partial charge on any atom is 0.410 e. The number of amides is 1. The first-order valence-corrected chi connectivity index (χ1v) is 8.73. The lowest BCUT2D eigenvalue weighted by Gasteiger charge is -2.38. The van der Waals surface area contributed by atoms with E-state index in [1.165, 1.54) is 0 Å². The average molecular weight is 325 g/mol. The topological polar surface area (TPSA) is 53.1 Å². The first kappa shape index (κ1) is 18.2. The molecule has 2 aliphatic heterocycles. The van der Waals surface area contributed by atoms with Gasteiger partial charge >= 0.3 is 6.09 Å². The lowest BCUT2D eigenvalue weighted by atomic mass is 9.96. The summed E-state index contributed by atoms with van der Waals surface area (Å²) in [6.07, 6.45) is 2.90. The molecule has 0 bridgehead atoms. The second kappa shape index (κ2) is 8.11. The van der Waals surface area contributed by atoms with Gasteiger partial charge in [-0.3, -0.25) is 4.90 Å². The van der Waals surface area contributed by atoms with Crippen LogP contribution in [0.2, 0.25) is 0 Å². The van der Waals surface area contributed by atoms with Crippen molar-refractivity contribution in [3.05, 3.63) is 0 Å². The van der Waals surface area contributed by atoms with E-state index in [0.29, 0.717) is 12.5 Å². The zero-order valence-corrected chi connectivity index (χ0v) is 14.8. The number of hydrogen-bond donors (Lipinski definition) is 0. The monoisotopic (exact) mass is 325 g/mol. The van der Waals surface area contributed by atoms with E-state index in [0.717, 1.165) is 64.9 Å². The lowest BCUT2D eigenvalue weighted by molar-refractivity contribution is -0.109. The minimum atomic E-state index is -0.422. The number of rotatable bonds is 4. The summed E-state index contributed by atoms with van der Waals surface area (Å²) in [6, 6.07) is 0. The molecule has 2 heterocycles. The van der Waals surface area contributed by atoms with Crippen LogP contribution in [0.25, 0.3) is 0 Å². The van der Waals surface area contributed by atoms with Crippen molar-refractivity contribution in [3.8, 4) is 0 Å². The molecule has 0 radical (unpaired) electrons. The van der Waals surface area contributed by atoms with E-state index in [4.69, 9.17) is 4.74 Å². The summed E-state index contributed by atoms with van der Waals surface area (Å²) < 4.78 is 5.44. The van der Waals surface area contributed by atoms with Crippen molar-refractivity contribution < 1.29 is 14.3 Å². The summed E-state index contributed by atoms with van der Waals surface area (Å²) in [5.41, 5.74) is -0.422. The molecule has 0 N–H and O–H groups in total. The first-order chi connectivity index (χ1) is 10.9. The number of aldehydes is 1. The number of likely N-dealkylation sites (tertiary alicyclic amines) is 1. The van der Waals surface area contributed by atoms with Gasteiger partial charge in [0, 0.05) is 45.8 Å². The zero-order chi connectivity index (χ0) is 16.9. The van der Waals surface area contributed by atoms with Gasteiger partial charge in [-0.25, -0.2) is 4.79 Å². The highest BCUT2D eigenvalue weighted by molar-refractivity contribution is 5.68. The van der Waals surface area contributed by atoms with Gasteiger partial charge < -0.3 is 19.3 Å². The molecule has 2 fully saturated rings. The zero-order valence-electron chi connectivity index (χ0n) is 14.8. The highest BCUT2D eigenvalue weighted by Gasteiger charge is 2.28. The van der Waals surface area contributed by atoms with Gasteiger partial charge in [-0.05, 0) is 39.5 Å². The van der Waals surface area contributed by atoms with E-state index in [1.807, 2.05) is 25.7 Å². The lowest BCUT2D eigenvalue weighted by Crippen LogP contribution is -2.49. The van der Waals surface area contributed by atoms with E-state index in [9.17, 15) is 9.59 Å². The molecule has 0 aromatic rings. The van der Waals surface area contributed by atoms with E-state index in [1.54, 1.807) is 0 Å². The van der Waals surface area contributed by atoms with Crippen molar-refractivity contribution in [2.45, 2.75) is 39.2 Å². The molecule has 2 saturated heterocycles. The number of piperazine rings is 1. The number of ether oxygens (including phenoxy) is 1. The molecule has 0 aliphatic carbocycles. The molecule has 0 atom stereocenters. The second-order valence-electron chi connectivity index (χ2n) is 7.68. The van der Waals surface area contributed by atoms with Crippen molar-refractivity contribution in [1.82, 2.24) is 14.7 Å². The van der Waals surface area contributed by atoms with Gasteiger partial charge in [0.2, 0.25) is 0 Å². The molecule has 0 spiro atoms. The fourth-order valence-electron chi connectivity index (χ4n) is 3.25. The molecular weight excluding hydrogens is 294 g/mol. The van der Waals surface area contributed by atoms with Gasteiger partial charge in [0.15, 0.2) is 0 Å². The van der Waals surface area contributed by atoms with Crippen LogP contribution in [0, 0.1) is 5.92 Å². The molecule has 0 aromatic carbocycles. The molecular formula is C17H31N3O3. The van der Waals surface area contributed by atoms with Gasteiger partial charge in [-0.15, -0.1) is 0 Å². The second-order valence-corrected chi connectivity index (χ2v) is 7.68. The van der Waals surface area contributed by atoms with Crippen LogP contribution in [0.15, 0.2) is 0 Å². The number of carbonyl (C=O) groups excluding carboxylic acids is 2. The smallest absolute Gasteiger partial charge is 0.410 e. The Kier molecular flexibility index (Phi) is 6.41. The largest absolute Gasteiger partial charge is 0.444 e. The summed E-state index contributed by atoms with van der Waals surface area (Å²) in [5.74, 6) is 0.659. The quantitative estimate of drug-likeness (QED) is 0.732. The average Bonchev–Trinajstić information content (AvgIpc) is 2.48. The summed E-state index contributed by atoms with van der Waals surface area (Å²) in [6.45, 7) is 13.0. The maximum absolute atomic E-state index is 12.1. The van der Waals surface area contributed by atoms with Crippen LogP contribution in [0.1, 0.15) is 33.6 Å². The highest BCUT2D eigenvalue weighted by atomic mass is 16.6. The Morgan fingerprint density at radius 3 is 2.13 bits per heavy atom. The molecule has 0 aromatic heterocycles. The number of piperidine rings is 1. The van der Waals surface area contributed by atoms with E-state index < -0.39 is 5.60 Å². The number of nitrogens with zero attached hydrogens (tertiary/aromatic N) is 3. The van der Waals surface area contributed by atoms with E-state index in [-0.39, 0.29) is 6.09 Å². The summed E-state index contributed by atoms with van der Waals surface area (Å²) in [7, 11) is 0. The fraction of sp³-hybridized carbons (Fsp3) is 0.882. The summed E-state index contributed by atoms with van der Waals surface area (Å²) >= 11 is 0. The van der Waals surface area contributed by atoms with Crippen molar-refractivity contribution in [2.75, 3.05) is 52.4 Å². The van der Waals surface area contributed by atoms with Crippen molar-refractivity contribution in [1.29, 1.82) is 0 Å². The molecule has 6 nitrogen and oxygen atoms in total. The van der Waals surface area contributed by atoms with Crippen LogP contribution in [-0.4, -0.2) is 85.0 Å². The van der Waals surface area contributed by atoms with E-state index >= 15 is 0 Å². The summed E-state index contributed by atoms with van der Waals surface area (Å²) in [4.78, 5) is 29.1. The molecule has 0 saturated carbocycles. The van der Waals surface area contributed by atoms with Gasteiger partial charge in [0.25, 0.3) is 0 Å². The van der Waals surface area contributed by atoms with Crippen LogP contribution in [0.5, 0.6) is 0 Å².